The lowest BCUT2D eigenvalue weighted by atomic mass is 10.1. The summed E-state index contributed by atoms with van der Waals surface area (Å²) in [5, 5.41) is 8.60. The van der Waals surface area contributed by atoms with Crippen molar-refractivity contribution in [1.29, 1.82) is 0 Å². The van der Waals surface area contributed by atoms with E-state index in [-0.39, 0.29) is 6.42 Å². The number of pyridine rings is 1. The summed E-state index contributed by atoms with van der Waals surface area (Å²) in [6.07, 6.45) is 5.00. The molecule has 88 valence electrons. The van der Waals surface area contributed by atoms with Crippen molar-refractivity contribution < 1.29 is 9.90 Å². The molecule has 2 rings (SSSR count). The van der Waals surface area contributed by atoms with Gasteiger partial charge < -0.3 is 5.11 Å². The van der Waals surface area contributed by atoms with Gasteiger partial charge in [-0.25, -0.2) is 4.98 Å². The summed E-state index contributed by atoms with van der Waals surface area (Å²) in [6.45, 7) is 0. The Morgan fingerprint density at radius 1 is 1.35 bits per heavy atom. The first-order valence-electron chi connectivity index (χ1n) is 5.32. The molecule has 0 aliphatic rings. The number of carbonyl (C=O) groups is 1. The van der Waals surface area contributed by atoms with Crippen molar-refractivity contribution in [2.24, 2.45) is 0 Å². The van der Waals surface area contributed by atoms with Gasteiger partial charge in [-0.2, -0.15) is 0 Å². The highest BCUT2D eigenvalue weighted by Gasteiger charge is 2.08. The Bertz CT molecular complexity index is 496. The second kappa shape index (κ2) is 5.54. The van der Waals surface area contributed by atoms with Crippen LogP contribution in [0.25, 0.3) is 10.4 Å². The summed E-state index contributed by atoms with van der Waals surface area (Å²) in [5.74, 6) is -0.759. The average Bonchev–Trinajstić information content (AvgIpc) is 2.78. The number of thiazole rings is 1. The van der Waals surface area contributed by atoms with Gasteiger partial charge in [-0.1, -0.05) is 0 Å². The third kappa shape index (κ3) is 3.10. The third-order valence-corrected chi connectivity index (χ3v) is 3.31. The lowest BCUT2D eigenvalue weighted by Gasteiger charge is -2.01. The topological polar surface area (TPSA) is 63.1 Å². The Balaban J connectivity index is 2.10. The molecule has 0 aliphatic heterocycles. The van der Waals surface area contributed by atoms with E-state index in [2.05, 4.69) is 9.97 Å². The normalized spacial score (nSPS) is 10.4. The van der Waals surface area contributed by atoms with Crippen molar-refractivity contribution in [2.75, 3.05) is 0 Å². The maximum Gasteiger partial charge on any atom is 0.303 e. The third-order valence-electron chi connectivity index (χ3n) is 2.39. The van der Waals surface area contributed by atoms with Crippen LogP contribution < -0.4 is 0 Å². The monoisotopic (exact) mass is 248 g/mol. The Labute approximate surface area is 103 Å². The molecule has 0 amide bonds. The van der Waals surface area contributed by atoms with Crippen LogP contribution in [0.1, 0.15) is 18.5 Å². The quantitative estimate of drug-likeness (QED) is 0.883. The largest absolute Gasteiger partial charge is 0.481 e. The van der Waals surface area contributed by atoms with Gasteiger partial charge in [0.05, 0.1) is 16.1 Å². The highest BCUT2D eigenvalue weighted by atomic mass is 32.1. The highest BCUT2D eigenvalue weighted by molar-refractivity contribution is 7.13. The van der Waals surface area contributed by atoms with Crippen molar-refractivity contribution in [3.05, 3.63) is 35.7 Å². The summed E-state index contributed by atoms with van der Waals surface area (Å²) in [6, 6.07) is 3.88. The molecule has 0 saturated carbocycles. The molecule has 0 fully saturated rings. The zero-order chi connectivity index (χ0) is 12.1. The summed E-state index contributed by atoms with van der Waals surface area (Å²) in [4.78, 5) is 19.8. The smallest absolute Gasteiger partial charge is 0.303 e. The van der Waals surface area contributed by atoms with E-state index in [4.69, 9.17) is 5.11 Å². The molecule has 0 aliphatic carbocycles. The number of hydrogen-bond donors (Lipinski definition) is 1. The first-order valence-corrected chi connectivity index (χ1v) is 6.20. The van der Waals surface area contributed by atoms with Crippen molar-refractivity contribution in [3.63, 3.8) is 0 Å². The van der Waals surface area contributed by atoms with E-state index in [1.807, 2.05) is 12.1 Å². The first-order chi connectivity index (χ1) is 8.27. The number of carboxylic acid groups (broad SMARTS) is 1. The molecule has 0 unspecified atom stereocenters. The summed E-state index contributed by atoms with van der Waals surface area (Å²) >= 11 is 1.58. The van der Waals surface area contributed by atoms with Crippen LogP contribution in [0.2, 0.25) is 0 Å². The zero-order valence-electron chi connectivity index (χ0n) is 9.17. The van der Waals surface area contributed by atoms with Crippen molar-refractivity contribution in [2.45, 2.75) is 19.3 Å². The molecule has 1 N–H and O–H groups in total. The predicted octanol–water partition coefficient (Wildman–Crippen LogP) is 2.61. The number of nitrogens with zero attached hydrogens (tertiary/aromatic N) is 2. The molecular weight excluding hydrogens is 236 g/mol. The minimum atomic E-state index is -0.759. The van der Waals surface area contributed by atoms with Crippen LogP contribution in [-0.2, 0) is 11.2 Å². The minimum Gasteiger partial charge on any atom is -0.481 e. The Morgan fingerprint density at radius 2 is 2.12 bits per heavy atom. The Hall–Kier alpha value is -1.75. The van der Waals surface area contributed by atoms with Gasteiger partial charge in [0.25, 0.3) is 0 Å². The molecule has 2 heterocycles. The highest BCUT2D eigenvalue weighted by Crippen LogP contribution is 2.27. The number of aromatic nitrogens is 2. The van der Waals surface area contributed by atoms with Gasteiger partial charge in [0.2, 0.25) is 0 Å². The number of aryl methyl sites for hydroxylation is 1. The molecule has 4 nitrogen and oxygen atoms in total. The lowest BCUT2D eigenvalue weighted by Crippen LogP contribution is -1.96. The van der Waals surface area contributed by atoms with E-state index in [9.17, 15) is 4.79 Å². The van der Waals surface area contributed by atoms with Crippen molar-refractivity contribution in [1.82, 2.24) is 9.97 Å². The van der Waals surface area contributed by atoms with Crippen molar-refractivity contribution in [3.8, 4) is 10.4 Å². The van der Waals surface area contributed by atoms with Crippen LogP contribution in [-0.4, -0.2) is 21.0 Å². The SMILES string of the molecule is O=C(O)CCCc1ncsc1-c1ccncc1. The number of rotatable bonds is 5. The Kier molecular flexibility index (Phi) is 3.82. The van der Waals surface area contributed by atoms with Gasteiger partial charge in [0.1, 0.15) is 0 Å². The standard InChI is InChI=1S/C12H12N2O2S/c15-11(16)3-1-2-10-12(17-8-14-10)9-4-6-13-7-5-9/h4-8H,1-3H2,(H,15,16). The van der Waals surface area contributed by atoms with Gasteiger partial charge in [-0.15, -0.1) is 11.3 Å². The van der Waals surface area contributed by atoms with Crippen molar-refractivity contribution >= 4 is 17.3 Å². The van der Waals surface area contributed by atoms with Crippen LogP contribution in [0.4, 0.5) is 0 Å². The average molecular weight is 248 g/mol. The minimum absolute atomic E-state index is 0.188. The molecule has 5 heteroatoms. The summed E-state index contributed by atoms with van der Waals surface area (Å²) < 4.78 is 0. The molecule has 0 atom stereocenters. The molecule has 2 aromatic rings. The molecule has 0 spiro atoms. The van der Waals surface area contributed by atoms with Gasteiger partial charge in [-0.3, -0.25) is 9.78 Å². The van der Waals surface area contributed by atoms with E-state index in [1.54, 1.807) is 29.2 Å². The maximum atomic E-state index is 10.5. The number of hydrogen-bond acceptors (Lipinski definition) is 4. The van der Waals surface area contributed by atoms with E-state index < -0.39 is 5.97 Å². The van der Waals surface area contributed by atoms with Gasteiger partial charge >= 0.3 is 5.97 Å². The van der Waals surface area contributed by atoms with E-state index >= 15 is 0 Å². The fourth-order valence-electron chi connectivity index (χ4n) is 1.59. The molecule has 2 aromatic heterocycles. The van der Waals surface area contributed by atoms with E-state index in [0.717, 1.165) is 16.1 Å². The second-order valence-electron chi connectivity index (χ2n) is 3.61. The predicted molar refractivity (Wildman–Crippen MR) is 65.9 cm³/mol. The summed E-state index contributed by atoms with van der Waals surface area (Å²) in [7, 11) is 0. The van der Waals surface area contributed by atoms with Crippen LogP contribution >= 0.6 is 11.3 Å². The molecule has 17 heavy (non-hydrogen) atoms. The van der Waals surface area contributed by atoms with Gasteiger partial charge in [0.15, 0.2) is 0 Å². The first kappa shape index (κ1) is 11.7. The molecular formula is C12H12N2O2S. The van der Waals surface area contributed by atoms with Crippen LogP contribution in [0, 0.1) is 0 Å². The van der Waals surface area contributed by atoms with Gasteiger partial charge in [-0.05, 0) is 30.5 Å². The maximum absolute atomic E-state index is 10.5. The number of carboxylic acids is 1. The molecule has 0 bridgehead atoms. The van der Waals surface area contributed by atoms with Gasteiger partial charge in [0, 0.05) is 18.8 Å². The Morgan fingerprint density at radius 3 is 2.82 bits per heavy atom. The van der Waals surface area contributed by atoms with E-state index in [0.29, 0.717) is 12.8 Å². The number of aliphatic carboxylic acids is 1. The van der Waals surface area contributed by atoms with Crippen LogP contribution in [0.5, 0.6) is 0 Å². The molecule has 0 radical (unpaired) electrons. The van der Waals surface area contributed by atoms with Crippen LogP contribution in [0.15, 0.2) is 30.0 Å². The molecule has 0 aromatic carbocycles. The molecule has 0 saturated heterocycles. The van der Waals surface area contributed by atoms with E-state index in [1.165, 1.54) is 0 Å². The van der Waals surface area contributed by atoms with Crippen LogP contribution in [0.3, 0.4) is 0 Å². The fourth-order valence-corrected chi connectivity index (χ4v) is 2.44. The summed E-state index contributed by atoms with van der Waals surface area (Å²) in [5.41, 5.74) is 3.86. The second-order valence-corrected chi connectivity index (χ2v) is 4.47. The zero-order valence-corrected chi connectivity index (χ0v) is 9.98. The lowest BCUT2D eigenvalue weighted by molar-refractivity contribution is -0.137. The fraction of sp³-hybridized carbons (Fsp3) is 0.250.